The second-order valence-corrected chi connectivity index (χ2v) is 10.6. The molecular formula is C25H28N2O4S. The van der Waals surface area contributed by atoms with Gasteiger partial charge in [-0.15, -0.1) is 11.8 Å². The molecule has 2 aromatic carbocycles. The summed E-state index contributed by atoms with van der Waals surface area (Å²) in [5.74, 6) is -0.625. The van der Waals surface area contributed by atoms with Gasteiger partial charge in [0, 0.05) is 17.6 Å². The van der Waals surface area contributed by atoms with Gasteiger partial charge in [-0.1, -0.05) is 60.7 Å². The van der Waals surface area contributed by atoms with Gasteiger partial charge in [-0.05, 0) is 31.4 Å². The Kier molecular flexibility index (Phi) is 6.67. The number of rotatable bonds is 6. The maximum absolute atomic E-state index is 13.3. The average molecular weight is 453 g/mol. The molecule has 2 fully saturated rings. The molecule has 0 bridgehead atoms. The number of esters is 1. The number of nitrogens with zero attached hydrogens (tertiary/aromatic N) is 1. The number of thioether (sulfide) groups is 1. The van der Waals surface area contributed by atoms with Crippen LogP contribution in [0.15, 0.2) is 60.7 Å². The van der Waals surface area contributed by atoms with Crippen molar-refractivity contribution in [3.63, 3.8) is 0 Å². The number of amides is 2. The lowest BCUT2D eigenvalue weighted by Gasteiger charge is -2.27. The number of imide groups is 1. The number of carbonyl (C=O) groups is 3. The maximum Gasteiger partial charge on any atom is 0.325 e. The molecule has 2 aromatic rings. The molecule has 0 radical (unpaired) electrons. The van der Waals surface area contributed by atoms with Gasteiger partial charge in [0.05, 0.1) is 11.9 Å². The molecule has 0 aromatic heterocycles. The van der Waals surface area contributed by atoms with Gasteiger partial charge in [-0.2, -0.15) is 0 Å². The summed E-state index contributed by atoms with van der Waals surface area (Å²) in [6, 6.07) is 18.8. The molecule has 2 atom stereocenters. The number of carbonyl (C=O) groups excluding carboxylic acids is 3. The number of likely N-dealkylation sites (tertiary alicyclic amines) is 1. The van der Waals surface area contributed by atoms with Crippen molar-refractivity contribution in [3.8, 4) is 0 Å². The van der Waals surface area contributed by atoms with Crippen LogP contribution in [0.1, 0.15) is 50.3 Å². The molecule has 0 saturated carbocycles. The highest BCUT2D eigenvalue weighted by Gasteiger charge is 2.47. The summed E-state index contributed by atoms with van der Waals surface area (Å²) in [6.45, 7) is 4.23. The summed E-state index contributed by atoms with van der Waals surface area (Å²) < 4.78 is 5.60. The first-order valence-electron chi connectivity index (χ1n) is 10.9. The van der Waals surface area contributed by atoms with E-state index < -0.39 is 16.9 Å². The third-order valence-electron chi connectivity index (χ3n) is 5.90. The van der Waals surface area contributed by atoms with Gasteiger partial charge < -0.3 is 4.74 Å². The monoisotopic (exact) mass is 452 g/mol. The first-order valence-corrected chi connectivity index (χ1v) is 11.8. The van der Waals surface area contributed by atoms with Gasteiger partial charge in [0.15, 0.2) is 6.10 Å². The first-order chi connectivity index (χ1) is 15.3. The lowest BCUT2D eigenvalue weighted by atomic mass is 10.00. The summed E-state index contributed by atoms with van der Waals surface area (Å²) in [5.41, 5.74) is 1.80. The second kappa shape index (κ2) is 9.46. The number of benzene rings is 2. The number of piperidine rings is 1. The number of hydrogen-bond donors (Lipinski definition) is 1. The zero-order valence-electron chi connectivity index (χ0n) is 18.3. The Morgan fingerprint density at radius 3 is 2.09 bits per heavy atom. The lowest BCUT2D eigenvalue weighted by molar-refractivity contribution is -0.150. The topological polar surface area (TPSA) is 75.7 Å². The van der Waals surface area contributed by atoms with E-state index in [1.165, 1.54) is 4.90 Å². The number of nitrogens with one attached hydrogen (secondary N) is 1. The highest BCUT2D eigenvalue weighted by atomic mass is 32.2. The molecule has 7 heteroatoms. The van der Waals surface area contributed by atoms with E-state index >= 15 is 0 Å². The van der Waals surface area contributed by atoms with Crippen molar-refractivity contribution in [1.82, 2.24) is 10.2 Å². The van der Waals surface area contributed by atoms with Crippen molar-refractivity contribution in [2.45, 2.75) is 55.4 Å². The minimum atomic E-state index is -0.567. The van der Waals surface area contributed by atoms with Crippen LogP contribution in [0.4, 0.5) is 0 Å². The van der Waals surface area contributed by atoms with Crippen LogP contribution >= 0.6 is 11.8 Å². The second-order valence-electron chi connectivity index (χ2n) is 8.70. The quantitative estimate of drug-likeness (QED) is 0.532. The fraction of sp³-hybridized carbons (Fsp3) is 0.400. The molecule has 0 unspecified atom stereocenters. The van der Waals surface area contributed by atoms with Crippen LogP contribution in [0.3, 0.4) is 0 Å². The van der Waals surface area contributed by atoms with E-state index in [1.54, 1.807) is 11.8 Å². The van der Waals surface area contributed by atoms with E-state index in [2.05, 4.69) is 5.32 Å². The van der Waals surface area contributed by atoms with Crippen LogP contribution in [0.5, 0.6) is 0 Å². The fourth-order valence-corrected chi connectivity index (χ4v) is 5.70. The van der Waals surface area contributed by atoms with E-state index in [9.17, 15) is 14.4 Å². The highest BCUT2D eigenvalue weighted by molar-refractivity contribution is 8.01. The standard InChI is InChI=1S/C25H28N2O4S/c1-25(2)23(26-19(32-25)16-27-20(28)14-9-15-21(27)29)24(30)31-22(17-10-5-3-6-11-17)18-12-7-4-8-13-18/h3-8,10-13,19,22-23,26H,9,14-16H2,1-2H3/t19-,23+/m1/s1. The molecule has 6 nitrogen and oxygen atoms in total. The Balaban J connectivity index is 1.50. The van der Waals surface area contributed by atoms with Crippen molar-refractivity contribution in [3.05, 3.63) is 71.8 Å². The van der Waals surface area contributed by atoms with Crippen molar-refractivity contribution >= 4 is 29.5 Å². The van der Waals surface area contributed by atoms with Gasteiger partial charge in [-0.25, -0.2) is 0 Å². The first kappa shape index (κ1) is 22.6. The van der Waals surface area contributed by atoms with Crippen molar-refractivity contribution in [1.29, 1.82) is 0 Å². The maximum atomic E-state index is 13.3. The van der Waals surface area contributed by atoms with Crippen LogP contribution in [0.25, 0.3) is 0 Å². The van der Waals surface area contributed by atoms with E-state index in [0.29, 0.717) is 19.3 Å². The molecule has 1 N–H and O–H groups in total. The summed E-state index contributed by atoms with van der Waals surface area (Å²) in [7, 11) is 0. The third-order valence-corrected chi connectivity index (χ3v) is 7.31. The molecule has 2 amide bonds. The molecule has 32 heavy (non-hydrogen) atoms. The van der Waals surface area contributed by atoms with Gasteiger partial charge in [0.25, 0.3) is 0 Å². The number of hydrogen-bond acceptors (Lipinski definition) is 6. The average Bonchev–Trinajstić information content (AvgIpc) is 3.10. The SMILES string of the molecule is CC1(C)S[C@H](CN2C(=O)CCCC2=O)N[C@H]1C(=O)OC(c1ccccc1)c1ccccc1. The minimum Gasteiger partial charge on any atom is -0.451 e. The third kappa shape index (κ3) is 4.89. The van der Waals surface area contributed by atoms with Crippen molar-refractivity contribution in [2.75, 3.05) is 6.54 Å². The zero-order chi connectivity index (χ0) is 22.7. The molecule has 0 spiro atoms. The molecule has 2 heterocycles. The zero-order valence-corrected chi connectivity index (χ0v) is 19.1. The van der Waals surface area contributed by atoms with E-state index in [-0.39, 0.29) is 29.7 Å². The molecule has 0 aliphatic carbocycles. The Hall–Kier alpha value is -2.64. The molecule has 168 valence electrons. The highest BCUT2D eigenvalue weighted by Crippen LogP contribution is 2.40. The van der Waals surface area contributed by atoms with Gasteiger partial charge in [0.1, 0.15) is 6.04 Å². The van der Waals surface area contributed by atoms with Crippen LogP contribution in [-0.4, -0.2) is 45.4 Å². The Labute approximate surface area is 192 Å². The smallest absolute Gasteiger partial charge is 0.325 e. The number of ether oxygens (including phenoxy) is 1. The predicted octanol–water partition coefficient (Wildman–Crippen LogP) is 3.67. The minimum absolute atomic E-state index is 0.138. The van der Waals surface area contributed by atoms with Gasteiger partial charge >= 0.3 is 5.97 Å². The molecule has 2 aliphatic rings. The van der Waals surface area contributed by atoms with Crippen LogP contribution in [0.2, 0.25) is 0 Å². The van der Waals surface area contributed by atoms with Crippen LogP contribution in [0, 0.1) is 0 Å². The van der Waals surface area contributed by atoms with Crippen molar-refractivity contribution < 1.29 is 19.1 Å². The Morgan fingerprint density at radius 2 is 1.56 bits per heavy atom. The predicted molar refractivity (Wildman–Crippen MR) is 124 cm³/mol. The normalized spacial score (nSPS) is 22.9. The molecular weight excluding hydrogens is 424 g/mol. The van der Waals surface area contributed by atoms with E-state index in [0.717, 1.165) is 11.1 Å². The van der Waals surface area contributed by atoms with Crippen molar-refractivity contribution in [2.24, 2.45) is 0 Å². The Bertz CT molecular complexity index is 924. The Morgan fingerprint density at radius 1 is 1.03 bits per heavy atom. The lowest BCUT2D eigenvalue weighted by Crippen LogP contribution is -2.50. The fourth-order valence-electron chi connectivity index (χ4n) is 4.23. The van der Waals surface area contributed by atoms with Gasteiger partial charge in [-0.3, -0.25) is 24.6 Å². The largest absolute Gasteiger partial charge is 0.451 e. The van der Waals surface area contributed by atoms with Gasteiger partial charge in [0.2, 0.25) is 11.8 Å². The summed E-state index contributed by atoms with van der Waals surface area (Å²) >= 11 is 1.56. The molecule has 4 rings (SSSR count). The molecule has 2 aliphatic heterocycles. The summed E-state index contributed by atoms with van der Waals surface area (Å²) in [5, 5.41) is 3.10. The molecule has 2 saturated heterocycles. The van der Waals surface area contributed by atoms with E-state index in [1.807, 2.05) is 74.5 Å². The van der Waals surface area contributed by atoms with Crippen LogP contribution < -0.4 is 5.32 Å². The van der Waals surface area contributed by atoms with E-state index in [4.69, 9.17) is 4.74 Å². The summed E-state index contributed by atoms with van der Waals surface area (Å²) in [6.07, 6.45) is 0.888. The summed E-state index contributed by atoms with van der Waals surface area (Å²) in [4.78, 5) is 39.1. The van der Waals surface area contributed by atoms with Crippen LogP contribution in [-0.2, 0) is 19.1 Å².